The zero-order valence-electron chi connectivity index (χ0n) is 11.2. The second kappa shape index (κ2) is 6.57. The second-order valence-electron chi connectivity index (χ2n) is 4.73. The number of rotatable bonds is 4. The minimum atomic E-state index is -0.798. The number of aliphatic hydroxyl groups is 1. The number of aromatic nitrogens is 1. The average molecular weight is 357 g/mol. The van der Waals surface area contributed by atoms with Crippen molar-refractivity contribution in [3.8, 4) is 5.75 Å². The van der Waals surface area contributed by atoms with Gasteiger partial charge in [-0.15, -0.1) is 0 Å². The minimum absolute atomic E-state index is 0.0597. The van der Waals surface area contributed by atoms with E-state index in [0.717, 1.165) is 4.47 Å². The third-order valence-corrected chi connectivity index (χ3v) is 3.30. The molecule has 3 nitrogen and oxygen atoms in total. The SMILES string of the molecule is CC(C)Oc1cncc(C(O)c2cc(Cl)cc(Br)c2)c1. The molecule has 106 valence electrons. The number of hydrogen-bond donors (Lipinski definition) is 1. The third-order valence-electron chi connectivity index (χ3n) is 2.62. The van der Waals surface area contributed by atoms with E-state index < -0.39 is 6.10 Å². The molecule has 0 radical (unpaired) electrons. The third kappa shape index (κ3) is 3.95. The molecule has 0 aliphatic carbocycles. The maximum absolute atomic E-state index is 10.4. The van der Waals surface area contributed by atoms with Crippen LogP contribution in [0, 0.1) is 0 Å². The van der Waals surface area contributed by atoms with Crippen LogP contribution in [0.3, 0.4) is 0 Å². The maximum Gasteiger partial charge on any atom is 0.138 e. The van der Waals surface area contributed by atoms with Crippen molar-refractivity contribution in [2.24, 2.45) is 0 Å². The molecule has 0 amide bonds. The van der Waals surface area contributed by atoms with E-state index in [-0.39, 0.29) is 6.10 Å². The Labute approximate surface area is 131 Å². The van der Waals surface area contributed by atoms with Crippen LogP contribution in [0.5, 0.6) is 5.75 Å². The first-order valence-electron chi connectivity index (χ1n) is 6.21. The highest BCUT2D eigenvalue weighted by Gasteiger charge is 2.13. The van der Waals surface area contributed by atoms with Gasteiger partial charge in [-0.2, -0.15) is 0 Å². The average Bonchev–Trinajstić information content (AvgIpc) is 2.36. The monoisotopic (exact) mass is 355 g/mol. The van der Waals surface area contributed by atoms with Crippen molar-refractivity contribution in [2.75, 3.05) is 0 Å². The summed E-state index contributed by atoms with van der Waals surface area (Å²) in [6.07, 6.45) is 2.51. The largest absolute Gasteiger partial charge is 0.489 e. The number of halogens is 2. The number of ether oxygens (including phenoxy) is 1. The molecular formula is C15H15BrClNO2. The van der Waals surface area contributed by atoms with Crippen LogP contribution in [0.2, 0.25) is 5.02 Å². The standard InChI is InChI=1S/C15H15BrClNO2/c1-9(2)20-14-5-11(7-18-8-14)15(19)10-3-12(16)6-13(17)4-10/h3-9,15,19H,1-2H3. The Morgan fingerprint density at radius 3 is 2.55 bits per heavy atom. The Morgan fingerprint density at radius 1 is 1.15 bits per heavy atom. The van der Waals surface area contributed by atoms with Crippen molar-refractivity contribution in [1.82, 2.24) is 4.98 Å². The number of benzene rings is 1. The minimum Gasteiger partial charge on any atom is -0.489 e. The molecule has 0 aliphatic rings. The smallest absolute Gasteiger partial charge is 0.138 e. The van der Waals surface area contributed by atoms with Crippen LogP contribution in [0.1, 0.15) is 31.1 Å². The Hall–Kier alpha value is -1.10. The molecule has 5 heteroatoms. The van der Waals surface area contributed by atoms with Gasteiger partial charge in [0.2, 0.25) is 0 Å². The van der Waals surface area contributed by atoms with Gasteiger partial charge in [-0.3, -0.25) is 4.98 Å². The lowest BCUT2D eigenvalue weighted by molar-refractivity contribution is 0.215. The van der Waals surface area contributed by atoms with Gasteiger partial charge < -0.3 is 9.84 Å². The summed E-state index contributed by atoms with van der Waals surface area (Å²) in [7, 11) is 0. The van der Waals surface area contributed by atoms with Crippen LogP contribution in [0.15, 0.2) is 41.1 Å². The maximum atomic E-state index is 10.4. The van der Waals surface area contributed by atoms with Gasteiger partial charge in [-0.25, -0.2) is 0 Å². The molecule has 0 spiro atoms. The van der Waals surface area contributed by atoms with Crippen molar-refractivity contribution in [3.05, 3.63) is 57.3 Å². The number of hydrogen-bond acceptors (Lipinski definition) is 3. The molecule has 0 saturated carbocycles. The summed E-state index contributed by atoms with van der Waals surface area (Å²) >= 11 is 9.37. The number of pyridine rings is 1. The van der Waals surface area contributed by atoms with Gasteiger partial charge in [0.15, 0.2) is 0 Å². The summed E-state index contributed by atoms with van der Waals surface area (Å²) in [4.78, 5) is 4.10. The van der Waals surface area contributed by atoms with E-state index in [1.54, 1.807) is 30.6 Å². The van der Waals surface area contributed by atoms with Crippen LogP contribution in [0.4, 0.5) is 0 Å². The summed E-state index contributed by atoms with van der Waals surface area (Å²) in [6.45, 7) is 3.88. The summed E-state index contributed by atoms with van der Waals surface area (Å²) in [5.41, 5.74) is 1.37. The van der Waals surface area contributed by atoms with Crippen molar-refractivity contribution in [2.45, 2.75) is 26.1 Å². The highest BCUT2D eigenvalue weighted by atomic mass is 79.9. The van der Waals surface area contributed by atoms with Gasteiger partial charge in [0.25, 0.3) is 0 Å². The summed E-state index contributed by atoms with van der Waals surface area (Å²) in [5, 5.41) is 11.0. The van der Waals surface area contributed by atoms with E-state index in [1.807, 2.05) is 19.9 Å². The molecule has 1 N–H and O–H groups in total. The van der Waals surface area contributed by atoms with Gasteiger partial charge >= 0.3 is 0 Å². The van der Waals surface area contributed by atoms with E-state index in [2.05, 4.69) is 20.9 Å². The van der Waals surface area contributed by atoms with Crippen LogP contribution in [0.25, 0.3) is 0 Å². The lowest BCUT2D eigenvalue weighted by Crippen LogP contribution is -2.07. The second-order valence-corrected chi connectivity index (χ2v) is 6.08. The zero-order valence-corrected chi connectivity index (χ0v) is 13.5. The van der Waals surface area contributed by atoms with Crippen LogP contribution >= 0.6 is 27.5 Å². The van der Waals surface area contributed by atoms with Crippen LogP contribution in [-0.4, -0.2) is 16.2 Å². The Balaban J connectivity index is 2.30. The van der Waals surface area contributed by atoms with E-state index in [4.69, 9.17) is 16.3 Å². The van der Waals surface area contributed by atoms with E-state index in [9.17, 15) is 5.11 Å². The molecule has 1 heterocycles. The Morgan fingerprint density at radius 2 is 1.90 bits per heavy atom. The molecule has 1 atom stereocenters. The fourth-order valence-corrected chi connectivity index (χ4v) is 2.73. The molecule has 1 unspecified atom stereocenters. The predicted octanol–water partition coefficient (Wildman–Crippen LogP) is 4.37. The van der Waals surface area contributed by atoms with E-state index in [1.165, 1.54) is 0 Å². The van der Waals surface area contributed by atoms with Gasteiger partial charge in [-0.1, -0.05) is 27.5 Å². The van der Waals surface area contributed by atoms with Crippen molar-refractivity contribution in [3.63, 3.8) is 0 Å². The molecule has 1 aromatic heterocycles. The quantitative estimate of drug-likeness (QED) is 0.884. The summed E-state index contributed by atoms with van der Waals surface area (Å²) in [6, 6.07) is 7.11. The molecule has 2 rings (SSSR count). The van der Waals surface area contributed by atoms with Gasteiger partial charge in [-0.05, 0) is 43.7 Å². The topological polar surface area (TPSA) is 42.4 Å². The summed E-state index contributed by atoms with van der Waals surface area (Å²) < 4.78 is 6.40. The molecular weight excluding hydrogens is 342 g/mol. The van der Waals surface area contributed by atoms with Gasteiger partial charge in [0.1, 0.15) is 11.9 Å². The number of nitrogens with zero attached hydrogens (tertiary/aromatic N) is 1. The first kappa shape index (κ1) is 15.3. The van der Waals surface area contributed by atoms with Crippen molar-refractivity contribution in [1.29, 1.82) is 0 Å². The fraction of sp³-hybridized carbons (Fsp3) is 0.267. The molecule has 0 aliphatic heterocycles. The molecule has 20 heavy (non-hydrogen) atoms. The van der Waals surface area contributed by atoms with Gasteiger partial charge in [0, 0.05) is 21.3 Å². The molecule has 0 saturated heterocycles. The Bertz CT molecular complexity index is 584. The Kier molecular flexibility index (Phi) is 5.02. The van der Waals surface area contributed by atoms with Gasteiger partial charge in [0.05, 0.1) is 12.3 Å². The highest BCUT2D eigenvalue weighted by molar-refractivity contribution is 9.10. The fourth-order valence-electron chi connectivity index (χ4n) is 1.85. The molecule has 1 aromatic carbocycles. The summed E-state index contributed by atoms with van der Waals surface area (Å²) in [5.74, 6) is 0.637. The normalized spacial score (nSPS) is 12.5. The lowest BCUT2D eigenvalue weighted by atomic mass is 10.0. The van der Waals surface area contributed by atoms with Crippen LogP contribution in [-0.2, 0) is 0 Å². The predicted molar refractivity (Wildman–Crippen MR) is 83.2 cm³/mol. The molecule has 0 bridgehead atoms. The van der Waals surface area contributed by atoms with E-state index >= 15 is 0 Å². The van der Waals surface area contributed by atoms with Crippen LogP contribution < -0.4 is 4.74 Å². The molecule has 2 aromatic rings. The first-order chi connectivity index (χ1) is 9.45. The number of aliphatic hydroxyl groups excluding tert-OH is 1. The van der Waals surface area contributed by atoms with Crippen molar-refractivity contribution < 1.29 is 9.84 Å². The van der Waals surface area contributed by atoms with E-state index in [0.29, 0.717) is 21.9 Å². The first-order valence-corrected chi connectivity index (χ1v) is 7.38. The lowest BCUT2D eigenvalue weighted by Gasteiger charge is -2.14. The molecule has 0 fully saturated rings. The van der Waals surface area contributed by atoms with Crippen molar-refractivity contribution >= 4 is 27.5 Å². The highest BCUT2D eigenvalue weighted by Crippen LogP contribution is 2.29. The zero-order chi connectivity index (χ0) is 14.7.